The molecule has 0 saturated carbocycles. The van der Waals surface area contributed by atoms with Crippen molar-refractivity contribution in [2.75, 3.05) is 0 Å². The minimum Gasteiger partial charge on any atom is -0.481 e. The Bertz CT molecular complexity index is 307. The van der Waals surface area contributed by atoms with E-state index in [4.69, 9.17) is 5.11 Å². The number of carboxylic acids is 1. The van der Waals surface area contributed by atoms with Gasteiger partial charge in [0.25, 0.3) is 0 Å². The van der Waals surface area contributed by atoms with E-state index < -0.39 is 5.97 Å². The summed E-state index contributed by atoms with van der Waals surface area (Å²) in [4.78, 5) is 10.8. The molecular weight excluding hydrogens is 180 g/mol. The van der Waals surface area contributed by atoms with Gasteiger partial charge >= 0.3 is 5.97 Å². The third-order valence-electron chi connectivity index (χ3n) is 2.51. The lowest BCUT2D eigenvalue weighted by atomic mass is 9.99. The first kappa shape index (κ1) is 10.8. The Hall–Kier alpha value is -1.32. The monoisotopic (exact) mass is 196 g/mol. The van der Waals surface area contributed by atoms with Crippen LogP contribution in [0.5, 0.6) is 0 Å². The predicted molar refractivity (Wildman–Crippen MR) is 52.9 cm³/mol. The number of carboxylic acid groups (broad SMARTS) is 1. The second-order valence-corrected chi connectivity index (χ2v) is 3.43. The fourth-order valence-electron chi connectivity index (χ4n) is 1.47. The zero-order chi connectivity index (χ0) is 10.6. The zero-order valence-corrected chi connectivity index (χ0v) is 8.60. The minimum absolute atomic E-state index is 0.232. The summed E-state index contributed by atoms with van der Waals surface area (Å²) in [5.74, 6) is -0.931. The van der Waals surface area contributed by atoms with Crippen molar-refractivity contribution in [3.05, 3.63) is 18.0 Å². The average Bonchev–Trinajstić information content (AvgIpc) is 2.52. The van der Waals surface area contributed by atoms with Crippen LogP contribution in [0.25, 0.3) is 0 Å². The molecular formula is C10H16N2O2. The zero-order valence-electron chi connectivity index (χ0n) is 8.60. The molecule has 0 saturated heterocycles. The largest absolute Gasteiger partial charge is 0.481 e. The number of hydrogen-bond donors (Lipinski definition) is 1. The molecule has 1 aromatic heterocycles. The van der Waals surface area contributed by atoms with Crippen LogP contribution in [0.4, 0.5) is 0 Å². The second-order valence-electron chi connectivity index (χ2n) is 3.43. The Balaban J connectivity index is 2.47. The van der Waals surface area contributed by atoms with Crippen LogP contribution in [0, 0.1) is 5.92 Å². The molecule has 4 nitrogen and oxygen atoms in total. The number of nitrogens with zero attached hydrogens (tertiary/aromatic N) is 2. The molecule has 1 heterocycles. The predicted octanol–water partition coefficient (Wildman–Crippen LogP) is 1.46. The molecule has 0 aliphatic carbocycles. The van der Waals surface area contributed by atoms with E-state index in [0.717, 1.165) is 12.1 Å². The van der Waals surface area contributed by atoms with Gasteiger partial charge in [-0.15, -0.1) is 0 Å². The van der Waals surface area contributed by atoms with Crippen LogP contribution in [-0.2, 0) is 18.3 Å². The third kappa shape index (κ3) is 2.58. The Labute approximate surface area is 83.5 Å². The number of hydrogen-bond acceptors (Lipinski definition) is 2. The summed E-state index contributed by atoms with van der Waals surface area (Å²) in [5.41, 5.74) is 1.09. The SMILES string of the molecule is CCC(CCc1ccnn1C)C(=O)O. The van der Waals surface area contributed by atoms with Crippen molar-refractivity contribution in [1.29, 1.82) is 0 Å². The summed E-state index contributed by atoms with van der Waals surface area (Å²) in [6.07, 6.45) is 3.89. The Morgan fingerprint density at radius 3 is 2.86 bits per heavy atom. The van der Waals surface area contributed by atoms with E-state index in [-0.39, 0.29) is 5.92 Å². The lowest BCUT2D eigenvalue weighted by Gasteiger charge is -2.08. The van der Waals surface area contributed by atoms with Gasteiger partial charge in [-0.05, 0) is 25.3 Å². The van der Waals surface area contributed by atoms with Gasteiger partial charge in [0, 0.05) is 18.9 Å². The Kier molecular flexibility index (Phi) is 3.68. The quantitative estimate of drug-likeness (QED) is 0.775. The summed E-state index contributed by atoms with van der Waals surface area (Å²) in [5, 5.41) is 12.9. The van der Waals surface area contributed by atoms with Gasteiger partial charge < -0.3 is 5.11 Å². The fraction of sp³-hybridized carbons (Fsp3) is 0.600. The van der Waals surface area contributed by atoms with Crippen molar-refractivity contribution in [3.8, 4) is 0 Å². The molecule has 1 atom stereocenters. The molecule has 0 aliphatic heterocycles. The van der Waals surface area contributed by atoms with Gasteiger partial charge in [-0.2, -0.15) is 5.10 Å². The van der Waals surface area contributed by atoms with Gasteiger partial charge in [0.05, 0.1) is 5.92 Å². The number of carbonyl (C=O) groups is 1. The van der Waals surface area contributed by atoms with Crippen LogP contribution in [-0.4, -0.2) is 20.9 Å². The molecule has 0 amide bonds. The Morgan fingerprint density at radius 2 is 2.43 bits per heavy atom. The summed E-state index contributed by atoms with van der Waals surface area (Å²) < 4.78 is 1.79. The first-order chi connectivity index (χ1) is 6.65. The maximum atomic E-state index is 10.8. The lowest BCUT2D eigenvalue weighted by molar-refractivity contribution is -0.142. The number of aryl methyl sites for hydroxylation is 2. The Morgan fingerprint density at radius 1 is 1.71 bits per heavy atom. The van der Waals surface area contributed by atoms with Gasteiger partial charge in [0.2, 0.25) is 0 Å². The van der Waals surface area contributed by atoms with E-state index in [1.807, 2.05) is 20.0 Å². The maximum Gasteiger partial charge on any atom is 0.306 e. The van der Waals surface area contributed by atoms with Crippen molar-refractivity contribution in [3.63, 3.8) is 0 Å². The highest BCUT2D eigenvalue weighted by Crippen LogP contribution is 2.12. The van der Waals surface area contributed by atoms with E-state index in [1.54, 1.807) is 10.9 Å². The number of rotatable bonds is 5. The molecule has 0 fully saturated rings. The van der Waals surface area contributed by atoms with Crippen molar-refractivity contribution >= 4 is 5.97 Å². The molecule has 0 aliphatic rings. The normalized spacial score (nSPS) is 12.7. The third-order valence-corrected chi connectivity index (χ3v) is 2.51. The highest BCUT2D eigenvalue weighted by atomic mass is 16.4. The van der Waals surface area contributed by atoms with E-state index in [9.17, 15) is 4.79 Å². The number of aliphatic carboxylic acids is 1. The van der Waals surface area contributed by atoms with Crippen LogP contribution < -0.4 is 0 Å². The van der Waals surface area contributed by atoms with Gasteiger partial charge in [0.1, 0.15) is 0 Å². The highest BCUT2D eigenvalue weighted by molar-refractivity contribution is 5.69. The molecule has 0 radical (unpaired) electrons. The van der Waals surface area contributed by atoms with E-state index in [1.165, 1.54) is 0 Å². The molecule has 4 heteroatoms. The smallest absolute Gasteiger partial charge is 0.306 e. The van der Waals surface area contributed by atoms with Crippen LogP contribution in [0.1, 0.15) is 25.5 Å². The van der Waals surface area contributed by atoms with Crippen LogP contribution in [0.2, 0.25) is 0 Å². The average molecular weight is 196 g/mol. The van der Waals surface area contributed by atoms with Crippen molar-refractivity contribution in [1.82, 2.24) is 9.78 Å². The summed E-state index contributed by atoms with van der Waals surface area (Å²) >= 11 is 0. The standard InChI is InChI=1S/C10H16N2O2/c1-3-8(10(13)14)4-5-9-6-7-11-12(9)2/h6-8H,3-5H2,1-2H3,(H,13,14). The van der Waals surface area contributed by atoms with Crippen molar-refractivity contribution in [2.24, 2.45) is 13.0 Å². The molecule has 78 valence electrons. The molecule has 1 rings (SSSR count). The van der Waals surface area contributed by atoms with Gasteiger partial charge in [-0.3, -0.25) is 9.48 Å². The highest BCUT2D eigenvalue weighted by Gasteiger charge is 2.15. The van der Waals surface area contributed by atoms with Gasteiger partial charge in [-0.1, -0.05) is 6.92 Å². The van der Waals surface area contributed by atoms with Gasteiger partial charge in [0.15, 0.2) is 0 Å². The molecule has 0 aromatic carbocycles. The molecule has 0 spiro atoms. The molecule has 14 heavy (non-hydrogen) atoms. The first-order valence-electron chi connectivity index (χ1n) is 4.84. The first-order valence-corrected chi connectivity index (χ1v) is 4.84. The van der Waals surface area contributed by atoms with Crippen LogP contribution in [0.15, 0.2) is 12.3 Å². The topological polar surface area (TPSA) is 55.1 Å². The molecule has 1 aromatic rings. The molecule has 1 unspecified atom stereocenters. The summed E-state index contributed by atoms with van der Waals surface area (Å²) in [7, 11) is 1.87. The summed E-state index contributed by atoms with van der Waals surface area (Å²) in [6.45, 7) is 1.90. The van der Waals surface area contributed by atoms with Crippen molar-refractivity contribution in [2.45, 2.75) is 26.2 Å². The van der Waals surface area contributed by atoms with Gasteiger partial charge in [-0.25, -0.2) is 0 Å². The fourth-order valence-corrected chi connectivity index (χ4v) is 1.47. The van der Waals surface area contributed by atoms with Crippen molar-refractivity contribution < 1.29 is 9.90 Å². The molecule has 1 N–H and O–H groups in total. The maximum absolute atomic E-state index is 10.8. The number of aromatic nitrogens is 2. The van der Waals surface area contributed by atoms with E-state index in [2.05, 4.69) is 5.10 Å². The lowest BCUT2D eigenvalue weighted by Crippen LogP contribution is -2.14. The summed E-state index contributed by atoms with van der Waals surface area (Å²) in [6, 6.07) is 1.93. The second kappa shape index (κ2) is 4.79. The minimum atomic E-state index is -0.699. The van der Waals surface area contributed by atoms with Crippen LogP contribution >= 0.6 is 0 Å². The van der Waals surface area contributed by atoms with E-state index >= 15 is 0 Å². The van der Waals surface area contributed by atoms with Crippen LogP contribution in [0.3, 0.4) is 0 Å². The molecule has 0 bridgehead atoms. The van der Waals surface area contributed by atoms with E-state index in [0.29, 0.717) is 12.8 Å².